The number of hydrogen-bond acceptors (Lipinski definition) is 2. The number of methoxy groups -OCH3 is 1. The highest BCUT2D eigenvalue weighted by atomic mass is 79.9. The van der Waals surface area contributed by atoms with Gasteiger partial charge in [-0.15, -0.1) is 0 Å². The highest BCUT2D eigenvalue weighted by Gasteiger charge is 2.06. The average molecular weight is 336 g/mol. The van der Waals surface area contributed by atoms with E-state index in [0.717, 1.165) is 0 Å². The quantitative estimate of drug-likeness (QED) is 0.538. The van der Waals surface area contributed by atoms with Gasteiger partial charge < -0.3 is 4.74 Å². The third-order valence-electron chi connectivity index (χ3n) is 1.48. The van der Waals surface area contributed by atoms with Gasteiger partial charge in [0, 0.05) is 14.9 Å². The standard InChI is InChI=1S/C10H5Br2FO2/c1-15-10(14)3-2-7-8(12)4-6(11)5-9(7)13/h4-5H,1H3. The molecule has 1 rings (SSSR count). The first-order chi connectivity index (χ1) is 7.04. The Bertz CT molecular complexity index is 437. The van der Waals surface area contributed by atoms with Crippen LogP contribution in [0.15, 0.2) is 21.1 Å². The van der Waals surface area contributed by atoms with Crippen molar-refractivity contribution < 1.29 is 13.9 Å². The van der Waals surface area contributed by atoms with Crippen molar-refractivity contribution in [2.75, 3.05) is 7.11 Å². The smallest absolute Gasteiger partial charge is 0.384 e. The molecule has 0 saturated heterocycles. The highest BCUT2D eigenvalue weighted by molar-refractivity contribution is 9.11. The molecule has 15 heavy (non-hydrogen) atoms. The molecule has 0 aliphatic rings. The minimum absolute atomic E-state index is 0.128. The van der Waals surface area contributed by atoms with Gasteiger partial charge in [0.1, 0.15) is 5.82 Å². The molecular formula is C10H5Br2FO2. The monoisotopic (exact) mass is 334 g/mol. The highest BCUT2D eigenvalue weighted by Crippen LogP contribution is 2.24. The molecule has 0 fully saturated rings. The number of carbonyl (C=O) groups excluding carboxylic acids is 1. The van der Waals surface area contributed by atoms with Gasteiger partial charge in [-0.1, -0.05) is 21.9 Å². The van der Waals surface area contributed by atoms with E-state index in [2.05, 4.69) is 48.4 Å². The molecule has 2 nitrogen and oxygen atoms in total. The van der Waals surface area contributed by atoms with Crippen LogP contribution in [0.1, 0.15) is 5.56 Å². The number of esters is 1. The van der Waals surface area contributed by atoms with Crippen LogP contribution in [0.4, 0.5) is 4.39 Å². The second kappa shape index (κ2) is 5.29. The Balaban J connectivity index is 3.14. The van der Waals surface area contributed by atoms with E-state index in [0.29, 0.717) is 8.95 Å². The first-order valence-corrected chi connectivity index (χ1v) is 5.37. The minimum Gasteiger partial charge on any atom is -0.459 e. The maximum absolute atomic E-state index is 13.4. The van der Waals surface area contributed by atoms with Crippen LogP contribution in [0.5, 0.6) is 0 Å². The lowest BCUT2D eigenvalue weighted by molar-refractivity contribution is -0.133. The molecule has 0 N–H and O–H groups in total. The van der Waals surface area contributed by atoms with E-state index >= 15 is 0 Å². The van der Waals surface area contributed by atoms with Crippen molar-refractivity contribution in [3.05, 3.63) is 32.5 Å². The lowest BCUT2D eigenvalue weighted by Gasteiger charge is -1.99. The van der Waals surface area contributed by atoms with Gasteiger partial charge in [0.05, 0.1) is 12.7 Å². The van der Waals surface area contributed by atoms with E-state index in [1.807, 2.05) is 0 Å². The van der Waals surface area contributed by atoms with Crippen molar-refractivity contribution in [3.63, 3.8) is 0 Å². The number of rotatable bonds is 0. The lowest BCUT2D eigenvalue weighted by Crippen LogP contribution is -1.95. The van der Waals surface area contributed by atoms with Gasteiger partial charge in [-0.05, 0) is 28.1 Å². The molecule has 0 saturated carbocycles. The van der Waals surface area contributed by atoms with Crippen LogP contribution in [-0.4, -0.2) is 13.1 Å². The molecule has 0 aromatic heterocycles. The Kier molecular flexibility index (Phi) is 4.30. The van der Waals surface area contributed by atoms with Crippen LogP contribution in [-0.2, 0) is 9.53 Å². The molecular weight excluding hydrogens is 331 g/mol. The first-order valence-electron chi connectivity index (χ1n) is 3.79. The van der Waals surface area contributed by atoms with Crippen LogP contribution < -0.4 is 0 Å². The molecule has 0 amide bonds. The fourth-order valence-electron chi connectivity index (χ4n) is 0.826. The third-order valence-corrected chi connectivity index (χ3v) is 2.57. The van der Waals surface area contributed by atoms with Gasteiger partial charge in [0.15, 0.2) is 0 Å². The molecule has 78 valence electrons. The van der Waals surface area contributed by atoms with Crippen molar-refractivity contribution in [1.82, 2.24) is 0 Å². The summed E-state index contributed by atoms with van der Waals surface area (Å²) < 4.78 is 18.7. The van der Waals surface area contributed by atoms with Crippen LogP contribution in [0.3, 0.4) is 0 Å². The summed E-state index contributed by atoms with van der Waals surface area (Å²) in [5.74, 6) is 3.33. The molecule has 0 aliphatic heterocycles. The Morgan fingerprint density at radius 2 is 2.13 bits per heavy atom. The lowest BCUT2D eigenvalue weighted by atomic mass is 10.2. The SMILES string of the molecule is COC(=O)C#Cc1c(F)cc(Br)cc1Br. The number of benzene rings is 1. The topological polar surface area (TPSA) is 26.3 Å². The summed E-state index contributed by atoms with van der Waals surface area (Å²) in [4.78, 5) is 10.7. The molecule has 0 bridgehead atoms. The summed E-state index contributed by atoms with van der Waals surface area (Å²) in [6.45, 7) is 0. The summed E-state index contributed by atoms with van der Waals surface area (Å²) in [5.41, 5.74) is 0.128. The largest absolute Gasteiger partial charge is 0.459 e. The van der Waals surface area contributed by atoms with E-state index < -0.39 is 11.8 Å². The van der Waals surface area contributed by atoms with Gasteiger partial charge >= 0.3 is 5.97 Å². The van der Waals surface area contributed by atoms with E-state index in [1.165, 1.54) is 13.2 Å². The molecule has 0 radical (unpaired) electrons. The zero-order valence-electron chi connectivity index (χ0n) is 7.61. The maximum Gasteiger partial charge on any atom is 0.384 e. The fraction of sp³-hybridized carbons (Fsp3) is 0.100. The second-order valence-corrected chi connectivity index (χ2v) is 4.26. The van der Waals surface area contributed by atoms with Crippen molar-refractivity contribution in [3.8, 4) is 11.8 Å². The zero-order valence-corrected chi connectivity index (χ0v) is 10.8. The molecule has 0 unspecified atom stereocenters. The molecule has 0 aliphatic carbocycles. The third kappa shape index (κ3) is 3.33. The molecule has 0 atom stereocenters. The van der Waals surface area contributed by atoms with Gasteiger partial charge in [-0.2, -0.15) is 0 Å². The molecule has 1 aromatic rings. The van der Waals surface area contributed by atoms with E-state index in [4.69, 9.17) is 0 Å². The van der Waals surface area contributed by atoms with Crippen LogP contribution in [0.25, 0.3) is 0 Å². The summed E-state index contributed by atoms with van der Waals surface area (Å²) in [5, 5.41) is 0. The maximum atomic E-state index is 13.4. The second-order valence-electron chi connectivity index (χ2n) is 2.49. The van der Waals surface area contributed by atoms with Gasteiger partial charge in [-0.25, -0.2) is 9.18 Å². The van der Waals surface area contributed by atoms with Crippen molar-refractivity contribution in [2.45, 2.75) is 0 Å². The molecule has 0 spiro atoms. The molecule has 1 aromatic carbocycles. The zero-order chi connectivity index (χ0) is 11.4. The minimum atomic E-state index is -0.704. The Labute approximate surface area is 103 Å². The number of ether oxygens (including phenoxy) is 1. The van der Waals surface area contributed by atoms with E-state index in [1.54, 1.807) is 6.07 Å². The Morgan fingerprint density at radius 1 is 1.47 bits per heavy atom. The van der Waals surface area contributed by atoms with Gasteiger partial charge in [-0.3, -0.25) is 0 Å². The molecule has 0 heterocycles. The van der Waals surface area contributed by atoms with Crippen LogP contribution >= 0.6 is 31.9 Å². The first kappa shape index (κ1) is 12.2. The average Bonchev–Trinajstić information content (AvgIpc) is 2.15. The Hall–Kier alpha value is -0.860. The number of halogens is 3. The van der Waals surface area contributed by atoms with Gasteiger partial charge in [0.2, 0.25) is 0 Å². The fourth-order valence-corrected chi connectivity index (χ4v) is 2.10. The van der Waals surface area contributed by atoms with Crippen molar-refractivity contribution in [2.24, 2.45) is 0 Å². The molecule has 5 heteroatoms. The number of carbonyl (C=O) groups is 1. The van der Waals surface area contributed by atoms with Crippen molar-refractivity contribution in [1.29, 1.82) is 0 Å². The number of hydrogen-bond donors (Lipinski definition) is 0. The van der Waals surface area contributed by atoms with E-state index in [9.17, 15) is 9.18 Å². The van der Waals surface area contributed by atoms with Crippen LogP contribution in [0, 0.1) is 17.7 Å². The van der Waals surface area contributed by atoms with Crippen LogP contribution in [0.2, 0.25) is 0 Å². The normalized spacial score (nSPS) is 9.07. The van der Waals surface area contributed by atoms with E-state index in [-0.39, 0.29) is 5.56 Å². The summed E-state index contributed by atoms with van der Waals surface area (Å²) >= 11 is 6.28. The summed E-state index contributed by atoms with van der Waals surface area (Å²) in [7, 11) is 1.21. The van der Waals surface area contributed by atoms with Gasteiger partial charge in [0.25, 0.3) is 0 Å². The van der Waals surface area contributed by atoms with Crippen molar-refractivity contribution >= 4 is 37.8 Å². The summed E-state index contributed by atoms with van der Waals surface area (Å²) in [6, 6.07) is 2.91. The summed E-state index contributed by atoms with van der Waals surface area (Å²) in [6.07, 6.45) is 0. The predicted molar refractivity (Wildman–Crippen MR) is 60.7 cm³/mol. The Morgan fingerprint density at radius 3 is 2.67 bits per heavy atom. The predicted octanol–water partition coefficient (Wildman–Crippen LogP) is 2.88.